The first-order valence-electron chi connectivity index (χ1n) is 8.84. The molecule has 1 aromatic rings. The van der Waals surface area contributed by atoms with Gasteiger partial charge in [-0.2, -0.15) is 0 Å². The molecular weight excluding hydrogens is 304 g/mol. The molecule has 0 spiro atoms. The maximum absolute atomic E-state index is 12.6. The third-order valence-corrected chi connectivity index (χ3v) is 5.16. The highest BCUT2D eigenvalue weighted by Crippen LogP contribution is 2.24. The molecule has 2 aliphatic rings. The Hall–Kier alpha value is -2.04. The van der Waals surface area contributed by atoms with E-state index in [1.54, 1.807) is 11.9 Å². The van der Waals surface area contributed by atoms with Crippen molar-refractivity contribution in [3.8, 4) is 5.75 Å². The lowest BCUT2D eigenvalue weighted by molar-refractivity contribution is -0.145. The first-order chi connectivity index (χ1) is 11.6. The minimum Gasteiger partial charge on any atom is -0.493 e. The highest BCUT2D eigenvalue weighted by Gasteiger charge is 2.33. The van der Waals surface area contributed by atoms with Crippen LogP contribution in [0, 0.1) is 11.8 Å². The third-order valence-electron chi connectivity index (χ3n) is 5.16. The Labute approximate surface area is 143 Å². The van der Waals surface area contributed by atoms with Crippen molar-refractivity contribution in [2.45, 2.75) is 25.7 Å². The fourth-order valence-corrected chi connectivity index (χ4v) is 3.46. The highest BCUT2D eigenvalue weighted by molar-refractivity contribution is 5.86. The van der Waals surface area contributed by atoms with E-state index in [0.29, 0.717) is 25.5 Å². The van der Waals surface area contributed by atoms with Crippen molar-refractivity contribution < 1.29 is 14.3 Å². The van der Waals surface area contributed by atoms with E-state index in [0.717, 1.165) is 38.1 Å². The monoisotopic (exact) mass is 330 g/mol. The fraction of sp³-hybridized carbons (Fsp3) is 0.579. The number of para-hydroxylation sites is 1. The van der Waals surface area contributed by atoms with Crippen LogP contribution < -0.4 is 4.74 Å². The maximum atomic E-state index is 12.6. The Balaban J connectivity index is 1.43. The fourth-order valence-electron chi connectivity index (χ4n) is 3.46. The van der Waals surface area contributed by atoms with Crippen LogP contribution in [0.4, 0.5) is 0 Å². The van der Waals surface area contributed by atoms with Crippen molar-refractivity contribution in [3.63, 3.8) is 0 Å². The van der Waals surface area contributed by atoms with Crippen molar-refractivity contribution in [3.05, 3.63) is 30.3 Å². The summed E-state index contributed by atoms with van der Waals surface area (Å²) in [6.07, 6.45) is 3.10. The number of piperidine rings is 2. The molecule has 2 aliphatic heterocycles. The predicted octanol–water partition coefficient (Wildman–Crippen LogP) is 2.17. The molecule has 2 saturated heterocycles. The SMILES string of the molecule is CN1CCC(C(=O)N2CCC(COc3ccccc3)CC2)CC1=O. The van der Waals surface area contributed by atoms with E-state index in [9.17, 15) is 9.59 Å². The Kier molecular flexibility index (Phi) is 5.38. The Morgan fingerprint density at radius 1 is 1.12 bits per heavy atom. The second kappa shape index (κ2) is 7.69. The molecule has 130 valence electrons. The van der Waals surface area contributed by atoms with Gasteiger partial charge in [0.15, 0.2) is 0 Å². The van der Waals surface area contributed by atoms with E-state index >= 15 is 0 Å². The minimum atomic E-state index is -0.120. The van der Waals surface area contributed by atoms with Gasteiger partial charge < -0.3 is 14.5 Å². The van der Waals surface area contributed by atoms with Gasteiger partial charge in [-0.3, -0.25) is 9.59 Å². The number of likely N-dealkylation sites (tertiary alicyclic amines) is 2. The van der Waals surface area contributed by atoms with Gasteiger partial charge in [-0.1, -0.05) is 18.2 Å². The average Bonchev–Trinajstić information content (AvgIpc) is 2.63. The van der Waals surface area contributed by atoms with E-state index in [1.165, 1.54) is 0 Å². The number of hydrogen-bond acceptors (Lipinski definition) is 3. The summed E-state index contributed by atoms with van der Waals surface area (Å²) in [6, 6.07) is 9.86. The number of hydrogen-bond donors (Lipinski definition) is 0. The summed E-state index contributed by atoms with van der Waals surface area (Å²) in [7, 11) is 1.81. The quantitative estimate of drug-likeness (QED) is 0.850. The van der Waals surface area contributed by atoms with Gasteiger partial charge >= 0.3 is 0 Å². The van der Waals surface area contributed by atoms with E-state index < -0.39 is 0 Å². The van der Waals surface area contributed by atoms with Gasteiger partial charge in [-0.25, -0.2) is 0 Å². The maximum Gasteiger partial charge on any atom is 0.226 e. The molecule has 2 amide bonds. The van der Waals surface area contributed by atoms with Gasteiger partial charge in [0.2, 0.25) is 11.8 Å². The Morgan fingerprint density at radius 2 is 1.83 bits per heavy atom. The van der Waals surface area contributed by atoms with Gasteiger partial charge in [0.1, 0.15) is 5.75 Å². The molecule has 2 heterocycles. The summed E-state index contributed by atoms with van der Waals surface area (Å²) < 4.78 is 5.83. The molecule has 3 rings (SSSR count). The third kappa shape index (κ3) is 4.08. The zero-order chi connectivity index (χ0) is 16.9. The first kappa shape index (κ1) is 16.8. The standard InChI is InChI=1S/C19H26N2O3/c1-20-10-9-16(13-18(20)22)19(23)21-11-7-15(8-12-21)14-24-17-5-3-2-4-6-17/h2-6,15-16H,7-14H2,1H3. The van der Waals surface area contributed by atoms with E-state index in [1.807, 2.05) is 35.2 Å². The van der Waals surface area contributed by atoms with Crippen LogP contribution in [-0.4, -0.2) is 54.9 Å². The summed E-state index contributed by atoms with van der Waals surface area (Å²) in [4.78, 5) is 28.1. The normalized spacial score (nSPS) is 22.5. The van der Waals surface area contributed by atoms with Gasteiger partial charge in [-0.05, 0) is 37.3 Å². The molecule has 0 radical (unpaired) electrons. The molecule has 0 aliphatic carbocycles. The largest absolute Gasteiger partial charge is 0.493 e. The number of ether oxygens (including phenoxy) is 1. The lowest BCUT2D eigenvalue weighted by Gasteiger charge is -2.36. The number of benzene rings is 1. The topological polar surface area (TPSA) is 49.9 Å². The average molecular weight is 330 g/mol. The van der Waals surface area contributed by atoms with Crippen molar-refractivity contribution in [1.29, 1.82) is 0 Å². The number of amides is 2. The van der Waals surface area contributed by atoms with Crippen molar-refractivity contribution in [1.82, 2.24) is 9.80 Å². The van der Waals surface area contributed by atoms with Gasteiger partial charge in [0.25, 0.3) is 0 Å². The molecule has 24 heavy (non-hydrogen) atoms. The number of nitrogens with zero attached hydrogens (tertiary/aromatic N) is 2. The summed E-state index contributed by atoms with van der Waals surface area (Å²) >= 11 is 0. The summed E-state index contributed by atoms with van der Waals surface area (Å²) in [5, 5.41) is 0. The second-order valence-corrected chi connectivity index (χ2v) is 6.90. The molecule has 5 nitrogen and oxygen atoms in total. The molecular formula is C19H26N2O3. The molecule has 0 N–H and O–H groups in total. The smallest absolute Gasteiger partial charge is 0.226 e. The van der Waals surface area contributed by atoms with Gasteiger partial charge in [0, 0.05) is 39.0 Å². The lowest BCUT2D eigenvalue weighted by atomic mass is 9.92. The molecule has 2 fully saturated rings. The van der Waals surface area contributed by atoms with Crippen LogP contribution in [0.5, 0.6) is 5.75 Å². The van der Waals surface area contributed by atoms with Gasteiger partial charge in [0.05, 0.1) is 6.61 Å². The zero-order valence-electron chi connectivity index (χ0n) is 14.3. The number of carbonyl (C=O) groups is 2. The number of rotatable bonds is 4. The van der Waals surface area contributed by atoms with Crippen molar-refractivity contribution >= 4 is 11.8 Å². The lowest BCUT2D eigenvalue weighted by Crippen LogP contribution is -2.46. The molecule has 1 aromatic carbocycles. The van der Waals surface area contributed by atoms with Gasteiger partial charge in [-0.15, -0.1) is 0 Å². The minimum absolute atomic E-state index is 0.0887. The molecule has 1 atom stereocenters. The van der Waals surface area contributed by atoms with Crippen LogP contribution >= 0.6 is 0 Å². The van der Waals surface area contributed by atoms with Crippen LogP contribution in [0.3, 0.4) is 0 Å². The van der Waals surface area contributed by atoms with Crippen LogP contribution in [0.1, 0.15) is 25.7 Å². The predicted molar refractivity (Wildman–Crippen MR) is 91.6 cm³/mol. The summed E-state index contributed by atoms with van der Waals surface area (Å²) in [6.45, 7) is 2.96. The molecule has 5 heteroatoms. The Morgan fingerprint density at radius 3 is 2.50 bits per heavy atom. The molecule has 0 saturated carbocycles. The van der Waals surface area contributed by atoms with E-state index in [4.69, 9.17) is 4.74 Å². The molecule has 0 aromatic heterocycles. The zero-order valence-corrected chi connectivity index (χ0v) is 14.3. The summed E-state index contributed by atoms with van der Waals surface area (Å²) in [5.41, 5.74) is 0. The first-order valence-corrected chi connectivity index (χ1v) is 8.84. The van der Waals surface area contributed by atoms with E-state index in [-0.39, 0.29) is 17.7 Å². The molecule has 1 unspecified atom stereocenters. The van der Waals surface area contributed by atoms with Crippen LogP contribution in [0.15, 0.2) is 30.3 Å². The summed E-state index contributed by atoms with van der Waals surface area (Å²) in [5.74, 6) is 1.53. The molecule has 0 bridgehead atoms. The van der Waals surface area contributed by atoms with Crippen LogP contribution in [-0.2, 0) is 9.59 Å². The highest BCUT2D eigenvalue weighted by atomic mass is 16.5. The van der Waals surface area contributed by atoms with Crippen LogP contribution in [0.2, 0.25) is 0 Å². The van der Waals surface area contributed by atoms with Crippen LogP contribution in [0.25, 0.3) is 0 Å². The van der Waals surface area contributed by atoms with Crippen molar-refractivity contribution in [2.24, 2.45) is 11.8 Å². The van der Waals surface area contributed by atoms with E-state index in [2.05, 4.69) is 0 Å². The second-order valence-electron chi connectivity index (χ2n) is 6.90. The Bertz CT molecular complexity index is 567. The number of carbonyl (C=O) groups excluding carboxylic acids is 2. The van der Waals surface area contributed by atoms with Crippen molar-refractivity contribution in [2.75, 3.05) is 33.3 Å².